The second-order valence-electron chi connectivity index (χ2n) is 1.43. The van der Waals surface area contributed by atoms with E-state index in [1.165, 1.54) is 6.08 Å². The van der Waals surface area contributed by atoms with Gasteiger partial charge in [-0.1, -0.05) is 29.3 Å². The molecule has 0 saturated heterocycles. The third-order valence-corrected chi connectivity index (χ3v) is 0.965. The Kier molecular flexibility index (Phi) is 4.54. The van der Waals surface area contributed by atoms with E-state index in [-0.39, 0.29) is 10.9 Å². The third kappa shape index (κ3) is 7.79. The minimum absolute atomic E-state index is 0.0724. The quantitative estimate of drug-likeness (QED) is 0.702. The molecule has 0 amide bonds. The maximum Gasteiger partial charge on any atom is 0.303 e. The van der Waals surface area contributed by atoms with Crippen LogP contribution in [0.25, 0.3) is 0 Å². The fourth-order valence-corrected chi connectivity index (χ4v) is 0.523. The summed E-state index contributed by atoms with van der Waals surface area (Å²) < 4.78 is 0.122. The van der Waals surface area contributed by atoms with Gasteiger partial charge in [-0.05, 0) is 6.42 Å². The van der Waals surface area contributed by atoms with Crippen molar-refractivity contribution in [2.75, 3.05) is 0 Å². The normalized spacial score (nSPS) is 8.67. The number of carboxylic acids is 1. The maximum absolute atomic E-state index is 9.87. The molecule has 2 nitrogen and oxygen atoms in total. The van der Waals surface area contributed by atoms with Crippen LogP contribution in [0.1, 0.15) is 12.8 Å². The molecule has 0 aliphatic heterocycles. The summed E-state index contributed by atoms with van der Waals surface area (Å²) in [6, 6.07) is 0. The Morgan fingerprint density at radius 1 is 1.56 bits per heavy atom. The van der Waals surface area contributed by atoms with Crippen molar-refractivity contribution >= 4 is 29.2 Å². The second-order valence-corrected chi connectivity index (χ2v) is 2.43. The summed E-state index contributed by atoms with van der Waals surface area (Å²) in [6.07, 6.45) is 1.91. The summed E-state index contributed by atoms with van der Waals surface area (Å²) in [5, 5.41) is 8.11. The molecule has 52 valence electrons. The molecule has 4 heteroatoms. The Balaban J connectivity index is 3.31. The minimum atomic E-state index is -0.846. The number of hydrogen-bond acceptors (Lipinski definition) is 1. The molecule has 0 aliphatic carbocycles. The van der Waals surface area contributed by atoms with Gasteiger partial charge in [0.15, 0.2) is 0 Å². The molecule has 1 N–H and O–H groups in total. The van der Waals surface area contributed by atoms with Crippen LogP contribution < -0.4 is 0 Å². The molecule has 0 saturated carbocycles. The molecule has 0 aromatic rings. The monoisotopic (exact) mass is 168 g/mol. The molecule has 0 heterocycles. The van der Waals surface area contributed by atoms with Gasteiger partial charge in [0.05, 0.1) is 0 Å². The largest absolute Gasteiger partial charge is 0.481 e. The Labute approximate surface area is 63.1 Å². The zero-order valence-electron chi connectivity index (χ0n) is 4.60. The fourth-order valence-electron chi connectivity index (χ4n) is 0.305. The van der Waals surface area contributed by atoms with Gasteiger partial charge in [-0.15, -0.1) is 0 Å². The molecule has 0 aromatic heterocycles. The van der Waals surface area contributed by atoms with E-state index < -0.39 is 5.97 Å². The van der Waals surface area contributed by atoms with E-state index in [4.69, 9.17) is 28.3 Å². The summed E-state index contributed by atoms with van der Waals surface area (Å²) in [6.45, 7) is 0. The van der Waals surface area contributed by atoms with Crippen molar-refractivity contribution < 1.29 is 9.90 Å². The number of carbonyl (C=O) groups is 1. The number of hydrogen-bond donors (Lipinski definition) is 1. The first kappa shape index (κ1) is 8.79. The fraction of sp³-hybridized carbons (Fsp3) is 0.400. The summed E-state index contributed by atoms with van der Waals surface area (Å²) >= 11 is 10.4. The predicted octanol–water partition coefficient (Wildman–Crippen LogP) is 2.17. The lowest BCUT2D eigenvalue weighted by Crippen LogP contribution is -1.91. The van der Waals surface area contributed by atoms with Crippen molar-refractivity contribution in [3.8, 4) is 0 Å². The Bertz CT molecular complexity index is 127. The van der Waals surface area contributed by atoms with E-state index in [2.05, 4.69) is 0 Å². The molecule has 0 bridgehead atoms. The Morgan fingerprint density at radius 3 is 2.44 bits per heavy atom. The second kappa shape index (κ2) is 4.65. The maximum atomic E-state index is 9.87. The molecule has 0 aliphatic rings. The molecule has 0 radical (unpaired) electrons. The van der Waals surface area contributed by atoms with Crippen LogP contribution in [-0.2, 0) is 4.79 Å². The van der Waals surface area contributed by atoms with E-state index in [9.17, 15) is 4.79 Å². The Hall–Kier alpha value is -0.210. The molecule has 0 spiro atoms. The van der Waals surface area contributed by atoms with Gasteiger partial charge in [0.1, 0.15) is 4.49 Å². The highest BCUT2D eigenvalue weighted by Crippen LogP contribution is 2.07. The molecule has 0 fully saturated rings. The van der Waals surface area contributed by atoms with Crippen LogP contribution in [0.15, 0.2) is 10.6 Å². The molecule has 0 rings (SSSR count). The van der Waals surface area contributed by atoms with Gasteiger partial charge in [0.2, 0.25) is 0 Å². The zero-order valence-corrected chi connectivity index (χ0v) is 6.11. The van der Waals surface area contributed by atoms with Crippen LogP contribution in [0.4, 0.5) is 0 Å². The number of aliphatic carboxylic acids is 1. The average Bonchev–Trinajstić information content (AvgIpc) is 1.63. The first-order valence-electron chi connectivity index (χ1n) is 2.36. The number of carboxylic acid groups (broad SMARTS) is 1. The lowest BCUT2D eigenvalue weighted by Gasteiger charge is -1.85. The van der Waals surface area contributed by atoms with Gasteiger partial charge < -0.3 is 5.11 Å². The van der Waals surface area contributed by atoms with Gasteiger partial charge in [0, 0.05) is 6.42 Å². The van der Waals surface area contributed by atoms with E-state index in [0.29, 0.717) is 6.42 Å². The lowest BCUT2D eigenvalue weighted by atomic mass is 10.3. The van der Waals surface area contributed by atoms with Crippen molar-refractivity contribution in [3.63, 3.8) is 0 Å². The van der Waals surface area contributed by atoms with E-state index in [0.717, 1.165) is 0 Å². The molecule has 0 unspecified atom stereocenters. The smallest absolute Gasteiger partial charge is 0.303 e. The SMILES string of the molecule is O=C(O)CCC=C(Cl)Cl. The van der Waals surface area contributed by atoms with E-state index in [1.54, 1.807) is 0 Å². The van der Waals surface area contributed by atoms with Crippen LogP contribution in [-0.4, -0.2) is 11.1 Å². The lowest BCUT2D eigenvalue weighted by molar-refractivity contribution is -0.136. The molecule has 9 heavy (non-hydrogen) atoms. The van der Waals surface area contributed by atoms with E-state index >= 15 is 0 Å². The van der Waals surface area contributed by atoms with Gasteiger partial charge in [0.25, 0.3) is 0 Å². The molecular weight excluding hydrogens is 163 g/mol. The number of halogens is 2. The standard InChI is InChI=1S/C5H6Cl2O2/c6-4(7)2-1-3-5(8)9/h2H,1,3H2,(H,8,9). The zero-order chi connectivity index (χ0) is 7.28. The van der Waals surface area contributed by atoms with Crippen LogP contribution in [0.3, 0.4) is 0 Å². The van der Waals surface area contributed by atoms with Crippen molar-refractivity contribution in [3.05, 3.63) is 10.6 Å². The van der Waals surface area contributed by atoms with Gasteiger partial charge in [-0.3, -0.25) is 4.79 Å². The van der Waals surface area contributed by atoms with Crippen molar-refractivity contribution in [2.45, 2.75) is 12.8 Å². The molecule has 0 atom stereocenters. The highest BCUT2D eigenvalue weighted by Gasteiger charge is 1.92. The molecule has 0 aromatic carbocycles. The first-order chi connectivity index (χ1) is 4.13. The average molecular weight is 169 g/mol. The van der Waals surface area contributed by atoms with E-state index in [1.807, 2.05) is 0 Å². The van der Waals surface area contributed by atoms with Crippen molar-refractivity contribution in [1.29, 1.82) is 0 Å². The van der Waals surface area contributed by atoms with Crippen LogP contribution in [0.2, 0.25) is 0 Å². The van der Waals surface area contributed by atoms with Gasteiger partial charge >= 0.3 is 5.97 Å². The summed E-state index contributed by atoms with van der Waals surface area (Å²) in [5.41, 5.74) is 0. The van der Waals surface area contributed by atoms with Crippen molar-refractivity contribution in [2.24, 2.45) is 0 Å². The van der Waals surface area contributed by atoms with Crippen LogP contribution >= 0.6 is 23.2 Å². The number of rotatable bonds is 3. The minimum Gasteiger partial charge on any atom is -0.481 e. The Morgan fingerprint density at radius 2 is 2.11 bits per heavy atom. The highest BCUT2D eigenvalue weighted by atomic mass is 35.5. The summed E-state index contributed by atoms with van der Waals surface area (Å²) in [4.78, 5) is 9.87. The van der Waals surface area contributed by atoms with Gasteiger partial charge in [-0.25, -0.2) is 0 Å². The molecular formula is C5H6Cl2O2. The van der Waals surface area contributed by atoms with Gasteiger partial charge in [-0.2, -0.15) is 0 Å². The first-order valence-corrected chi connectivity index (χ1v) is 3.11. The topological polar surface area (TPSA) is 37.3 Å². The number of allylic oxidation sites excluding steroid dienone is 1. The van der Waals surface area contributed by atoms with Crippen LogP contribution in [0.5, 0.6) is 0 Å². The van der Waals surface area contributed by atoms with Crippen molar-refractivity contribution in [1.82, 2.24) is 0 Å². The summed E-state index contributed by atoms with van der Waals surface area (Å²) in [5.74, 6) is -0.846. The highest BCUT2D eigenvalue weighted by molar-refractivity contribution is 6.55. The third-order valence-electron chi connectivity index (χ3n) is 0.657. The van der Waals surface area contributed by atoms with Crippen LogP contribution in [0, 0.1) is 0 Å². The predicted molar refractivity (Wildman–Crippen MR) is 36.7 cm³/mol. The summed E-state index contributed by atoms with van der Waals surface area (Å²) in [7, 11) is 0.